The van der Waals surface area contributed by atoms with Crippen molar-refractivity contribution in [3.8, 4) is 0 Å². The summed E-state index contributed by atoms with van der Waals surface area (Å²) in [4.78, 5) is 23.8. The van der Waals surface area contributed by atoms with E-state index in [0.717, 1.165) is 34.8 Å². The highest BCUT2D eigenvalue weighted by Gasteiger charge is 2.26. The number of fused-ring (bicyclic) bond motifs is 1. The number of aromatic amines is 1. The average molecular weight is 376 g/mol. The second-order valence-electron chi connectivity index (χ2n) is 7.30. The van der Waals surface area contributed by atoms with Crippen LogP contribution in [0.5, 0.6) is 0 Å². The minimum atomic E-state index is 0.295. The quantitative estimate of drug-likeness (QED) is 0.479. The minimum Gasteiger partial charge on any atom is -0.399 e. The molecular formula is C21H24N6O. The van der Waals surface area contributed by atoms with E-state index in [1.807, 2.05) is 41.3 Å². The van der Waals surface area contributed by atoms with E-state index in [2.05, 4.69) is 40.0 Å². The normalized spacial score (nSPS) is 14.6. The maximum Gasteiger partial charge on any atom is 0.152 e. The molecule has 0 spiro atoms. The van der Waals surface area contributed by atoms with Crippen molar-refractivity contribution in [2.75, 3.05) is 40.5 Å². The van der Waals surface area contributed by atoms with E-state index in [4.69, 9.17) is 5.73 Å². The molecule has 28 heavy (non-hydrogen) atoms. The Morgan fingerprint density at radius 3 is 2.89 bits per heavy atom. The molecule has 0 radical (unpaired) electrons. The van der Waals surface area contributed by atoms with E-state index in [1.165, 1.54) is 0 Å². The van der Waals surface area contributed by atoms with Gasteiger partial charge in [-0.1, -0.05) is 0 Å². The van der Waals surface area contributed by atoms with Crippen molar-refractivity contribution in [3.05, 3.63) is 48.3 Å². The highest BCUT2D eigenvalue weighted by molar-refractivity contribution is 5.87. The number of anilines is 4. The van der Waals surface area contributed by atoms with Crippen LogP contribution in [0.15, 0.2) is 48.3 Å². The van der Waals surface area contributed by atoms with Crippen molar-refractivity contribution in [3.63, 3.8) is 0 Å². The maximum absolute atomic E-state index is 11.8. The van der Waals surface area contributed by atoms with Gasteiger partial charge >= 0.3 is 0 Å². The van der Waals surface area contributed by atoms with Gasteiger partial charge in [0.05, 0.1) is 12.2 Å². The summed E-state index contributed by atoms with van der Waals surface area (Å²) in [6, 6.07) is 12.0. The summed E-state index contributed by atoms with van der Waals surface area (Å²) in [6.45, 7) is 6.03. The van der Waals surface area contributed by atoms with Crippen LogP contribution in [0, 0.1) is 0 Å². The fourth-order valence-electron chi connectivity index (χ4n) is 3.59. The number of hydrogen-bond acceptors (Lipinski definition) is 6. The summed E-state index contributed by atoms with van der Waals surface area (Å²) in [5, 5.41) is 4.45. The summed E-state index contributed by atoms with van der Waals surface area (Å²) < 4.78 is 0. The molecule has 0 amide bonds. The Morgan fingerprint density at radius 2 is 2.11 bits per heavy atom. The van der Waals surface area contributed by atoms with Crippen LogP contribution in [0.4, 0.5) is 23.0 Å². The van der Waals surface area contributed by atoms with Gasteiger partial charge in [0.1, 0.15) is 17.5 Å². The van der Waals surface area contributed by atoms with Gasteiger partial charge in [0.25, 0.3) is 0 Å². The third-order valence-corrected chi connectivity index (χ3v) is 4.83. The number of nitrogen functional groups attached to an aromatic ring is 1. The number of H-pyrrole nitrogens is 1. The Morgan fingerprint density at radius 1 is 1.25 bits per heavy atom. The number of nitrogens with two attached hydrogens (primary N) is 1. The molecule has 0 unspecified atom stereocenters. The van der Waals surface area contributed by atoms with Gasteiger partial charge in [-0.05, 0) is 50.2 Å². The zero-order valence-electron chi connectivity index (χ0n) is 16.1. The Kier molecular flexibility index (Phi) is 4.67. The number of piperazine rings is 1. The van der Waals surface area contributed by atoms with Crippen molar-refractivity contribution >= 4 is 39.9 Å². The first-order valence-electron chi connectivity index (χ1n) is 9.41. The minimum absolute atomic E-state index is 0.295. The van der Waals surface area contributed by atoms with E-state index < -0.39 is 0 Å². The lowest BCUT2D eigenvalue weighted by Crippen LogP contribution is -2.46. The molecule has 4 N–H and O–H groups in total. The van der Waals surface area contributed by atoms with Gasteiger partial charge in [0, 0.05) is 41.9 Å². The summed E-state index contributed by atoms with van der Waals surface area (Å²) in [5.41, 5.74) is 9.13. The van der Waals surface area contributed by atoms with Crippen LogP contribution >= 0.6 is 0 Å². The smallest absolute Gasteiger partial charge is 0.152 e. The zero-order valence-corrected chi connectivity index (χ0v) is 16.1. The molecule has 0 aliphatic carbocycles. The van der Waals surface area contributed by atoms with Crippen molar-refractivity contribution in [1.29, 1.82) is 0 Å². The number of nitrogens with one attached hydrogen (secondary N) is 2. The van der Waals surface area contributed by atoms with Crippen LogP contribution in [0.2, 0.25) is 0 Å². The first kappa shape index (κ1) is 17.9. The topological polar surface area (TPSA) is 90.3 Å². The monoisotopic (exact) mass is 376 g/mol. The van der Waals surface area contributed by atoms with Gasteiger partial charge in [-0.25, -0.2) is 9.78 Å². The molecule has 3 heterocycles. The van der Waals surface area contributed by atoms with Crippen molar-refractivity contribution in [1.82, 2.24) is 9.97 Å². The Labute approximate surface area is 163 Å². The Balaban J connectivity index is 1.60. The van der Waals surface area contributed by atoms with Crippen LogP contribution in [0.3, 0.4) is 0 Å². The van der Waals surface area contributed by atoms with Crippen LogP contribution in [0.1, 0.15) is 13.8 Å². The van der Waals surface area contributed by atoms with E-state index >= 15 is 0 Å². The van der Waals surface area contributed by atoms with E-state index in [-0.39, 0.29) is 0 Å². The van der Waals surface area contributed by atoms with Gasteiger partial charge in [0.2, 0.25) is 0 Å². The van der Waals surface area contributed by atoms with Gasteiger partial charge in [-0.3, -0.25) is 0 Å². The summed E-state index contributed by atoms with van der Waals surface area (Å²) in [5.74, 6) is 3.86. The van der Waals surface area contributed by atoms with E-state index in [9.17, 15) is 4.79 Å². The molecule has 7 heteroatoms. The third-order valence-electron chi connectivity index (χ3n) is 4.83. The third kappa shape index (κ3) is 3.40. The second-order valence-corrected chi connectivity index (χ2v) is 7.30. The molecule has 1 aliphatic rings. The van der Waals surface area contributed by atoms with Crippen molar-refractivity contribution in [2.24, 2.45) is 0 Å². The first-order chi connectivity index (χ1) is 13.5. The summed E-state index contributed by atoms with van der Waals surface area (Å²) >= 11 is 0. The fourth-order valence-corrected chi connectivity index (χ4v) is 3.59. The second kappa shape index (κ2) is 7.29. The fraction of sp³-hybridized carbons (Fsp3) is 0.286. The lowest BCUT2D eigenvalue weighted by molar-refractivity contribution is 0.563. The molecule has 2 aromatic heterocycles. The molecule has 0 bridgehead atoms. The van der Waals surface area contributed by atoms with Crippen LogP contribution in [-0.4, -0.2) is 41.6 Å². The number of pyridine rings is 1. The Bertz CT molecular complexity index is 1050. The van der Waals surface area contributed by atoms with Crippen LogP contribution in [0.25, 0.3) is 10.9 Å². The molecule has 1 aliphatic heterocycles. The molecule has 3 aromatic rings. The number of rotatable bonds is 4. The Hall–Kier alpha value is -3.44. The van der Waals surface area contributed by atoms with E-state index in [0.29, 0.717) is 30.5 Å². The number of benzene rings is 1. The molecule has 0 saturated carbocycles. The van der Waals surface area contributed by atoms with Crippen LogP contribution < -0.4 is 20.9 Å². The highest BCUT2D eigenvalue weighted by atomic mass is 16.1. The molecule has 7 nitrogen and oxygen atoms in total. The van der Waals surface area contributed by atoms with Gasteiger partial charge in [0.15, 0.2) is 5.82 Å². The molecule has 1 aromatic carbocycles. The van der Waals surface area contributed by atoms with Crippen molar-refractivity contribution < 1.29 is 4.79 Å². The lowest BCUT2D eigenvalue weighted by Gasteiger charge is -2.37. The summed E-state index contributed by atoms with van der Waals surface area (Å²) in [7, 11) is 0. The predicted octanol–water partition coefficient (Wildman–Crippen LogP) is 3.01. The molecular weight excluding hydrogens is 352 g/mol. The average Bonchev–Trinajstić information content (AvgIpc) is 3.10. The van der Waals surface area contributed by atoms with Gasteiger partial charge in [-0.15, -0.1) is 0 Å². The summed E-state index contributed by atoms with van der Waals surface area (Å²) in [6.07, 6.45) is 1.78. The molecule has 1 saturated heterocycles. The number of aromatic nitrogens is 2. The lowest BCUT2D eigenvalue weighted by atomic mass is 10.2. The van der Waals surface area contributed by atoms with Gasteiger partial charge in [-0.2, -0.15) is 0 Å². The van der Waals surface area contributed by atoms with Crippen molar-refractivity contribution in [2.45, 2.75) is 19.9 Å². The number of carbonyl (C=O) groups excluding carboxylic acids is 1. The predicted molar refractivity (Wildman–Crippen MR) is 114 cm³/mol. The zero-order chi connectivity index (χ0) is 19.7. The molecule has 0 atom stereocenters. The molecule has 1 fully saturated rings. The maximum atomic E-state index is 11.8. The SMILES string of the molecule is CC(C)Nc1cccnc1N1CCN(c2cc3cc(N)ccc3[nH]2)C(=C=O)C1. The largest absolute Gasteiger partial charge is 0.399 e. The standard InChI is InChI=1S/C21H24N6O/c1-14(2)24-19-4-3-7-23-21(19)26-8-9-27(17(12-26)13-28)20-11-15-10-16(22)5-6-18(15)25-20/h3-7,10-11,14,24-25H,8-9,12,22H2,1-2H3. The number of hydrogen-bond donors (Lipinski definition) is 3. The highest BCUT2D eigenvalue weighted by Crippen LogP contribution is 2.30. The van der Waals surface area contributed by atoms with Crippen LogP contribution in [-0.2, 0) is 4.79 Å². The first-order valence-corrected chi connectivity index (χ1v) is 9.41. The molecule has 4 rings (SSSR count). The number of nitrogens with zero attached hydrogens (tertiary/aromatic N) is 3. The molecule has 144 valence electrons. The van der Waals surface area contributed by atoms with E-state index in [1.54, 1.807) is 6.20 Å². The van der Waals surface area contributed by atoms with Gasteiger partial charge < -0.3 is 25.8 Å².